The fourth-order valence-corrected chi connectivity index (χ4v) is 1.89. The van der Waals surface area contributed by atoms with Gasteiger partial charge in [-0.25, -0.2) is 0 Å². The number of carbonyl (C=O) groups excluding carboxylic acids is 1. The number of benzene rings is 1. The van der Waals surface area contributed by atoms with Crippen LogP contribution in [0.2, 0.25) is 0 Å². The molecule has 0 heterocycles. The maximum atomic E-state index is 12.1. The summed E-state index contributed by atoms with van der Waals surface area (Å²) in [6.45, 7) is 5.27. The summed E-state index contributed by atoms with van der Waals surface area (Å²) < 4.78 is 5.07. The number of nitrogens with one attached hydrogen (secondary N) is 1. The number of hydrogen-bond acceptors (Lipinski definition) is 3. The fourth-order valence-electron chi connectivity index (χ4n) is 1.89. The lowest BCUT2D eigenvalue weighted by molar-refractivity contribution is 0.0893. The highest BCUT2D eigenvalue weighted by Crippen LogP contribution is 2.14. The SMILES string of the molecule is COCC(CCN)NC(=O)c1ccc(C(C)C)cc1. The molecule has 1 rings (SSSR count). The van der Waals surface area contributed by atoms with E-state index in [2.05, 4.69) is 19.2 Å². The number of amides is 1. The Morgan fingerprint density at radius 3 is 2.42 bits per heavy atom. The molecule has 0 aliphatic rings. The summed E-state index contributed by atoms with van der Waals surface area (Å²) in [6, 6.07) is 7.67. The molecule has 0 aromatic heterocycles. The molecule has 1 unspecified atom stereocenters. The molecule has 0 saturated heterocycles. The van der Waals surface area contributed by atoms with E-state index in [-0.39, 0.29) is 11.9 Å². The second-order valence-corrected chi connectivity index (χ2v) is 4.98. The Kier molecular flexibility index (Phi) is 6.53. The van der Waals surface area contributed by atoms with E-state index in [9.17, 15) is 4.79 Å². The van der Waals surface area contributed by atoms with E-state index in [4.69, 9.17) is 10.5 Å². The molecule has 1 aromatic carbocycles. The van der Waals surface area contributed by atoms with E-state index in [1.807, 2.05) is 24.3 Å². The first-order valence-corrected chi connectivity index (χ1v) is 6.68. The third kappa shape index (κ3) is 5.01. The van der Waals surface area contributed by atoms with E-state index in [1.165, 1.54) is 5.56 Å². The summed E-state index contributed by atoms with van der Waals surface area (Å²) in [5.41, 5.74) is 7.42. The van der Waals surface area contributed by atoms with Crippen LogP contribution in [0.15, 0.2) is 24.3 Å². The van der Waals surface area contributed by atoms with Crippen molar-refractivity contribution in [2.24, 2.45) is 5.73 Å². The van der Waals surface area contributed by atoms with Crippen LogP contribution in [0.1, 0.15) is 42.1 Å². The maximum Gasteiger partial charge on any atom is 0.251 e. The molecule has 1 aromatic rings. The predicted octanol–water partition coefficient (Wildman–Crippen LogP) is 1.90. The van der Waals surface area contributed by atoms with Crippen molar-refractivity contribution in [2.45, 2.75) is 32.2 Å². The lowest BCUT2D eigenvalue weighted by Gasteiger charge is -2.17. The first-order chi connectivity index (χ1) is 9.08. The highest BCUT2D eigenvalue weighted by molar-refractivity contribution is 5.94. The van der Waals surface area contributed by atoms with Crippen LogP contribution in [0.25, 0.3) is 0 Å². The van der Waals surface area contributed by atoms with Gasteiger partial charge in [0.15, 0.2) is 0 Å². The minimum Gasteiger partial charge on any atom is -0.383 e. The number of methoxy groups -OCH3 is 1. The van der Waals surface area contributed by atoms with E-state index < -0.39 is 0 Å². The standard InChI is InChI=1S/C15H24N2O2/c1-11(2)12-4-6-13(7-5-12)15(18)17-14(8-9-16)10-19-3/h4-7,11,14H,8-10,16H2,1-3H3,(H,17,18). The molecule has 0 radical (unpaired) electrons. The smallest absolute Gasteiger partial charge is 0.251 e. The Bertz CT molecular complexity index is 382. The van der Waals surface area contributed by atoms with Crippen molar-refractivity contribution >= 4 is 5.91 Å². The molecule has 0 bridgehead atoms. The van der Waals surface area contributed by atoms with Gasteiger partial charge in [0.25, 0.3) is 5.91 Å². The summed E-state index contributed by atoms with van der Waals surface area (Å²) in [5, 5.41) is 2.94. The summed E-state index contributed by atoms with van der Waals surface area (Å²) in [4.78, 5) is 12.1. The number of rotatable bonds is 7. The number of carbonyl (C=O) groups is 1. The number of ether oxygens (including phenoxy) is 1. The Hall–Kier alpha value is -1.39. The average Bonchev–Trinajstić information content (AvgIpc) is 2.39. The zero-order valence-corrected chi connectivity index (χ0v) is 12.0. The maximum absolute atomic E-state index is 12.1. The third-order valence-electron chi connectivity index (χ3n) is 3.06. The van der Waals surface area contributed by atoms with Crippen LogP contribution in [-0.2, 0) is 4.74 Å². The molecule has 1 atom stereocenters. The van der Waals surface area contributed by atoms with Gasteiger partial charge in [0, 0.05) is 12.7 Å². The van der Waals surface area contributed by atoms with Crippen molar-refractivity contribution < 1.29 is 9.53 Å². The van der Waals surface area contributed by atoms with Gasteiger partial charge in [0.1, 0.15) is 0 Å². The minimum absolute atomic E-state index is 0.0349. The fraction of sp³-hybridized carbons (Fsp3) is 0.533. The Labute approximate surface area is 115 Å². The summed E-state index contributed by atoms with van der Waals surface area (Å²) in [7, 11) is 1.62. The second-order valence-electron chi connectivity index (χ2n) is 4.98. The van der Waals surface area contributed by atoms with Gasteiger partial charge in [0.2, 0.25) is 0 Å². The largest absolute Gasteiger partial charge is 0.383 e. The molecule has 0 spiro atoms. The summed E-state index contributed by atoms with van der Waals surface area (Å²) in [5.74, 6) is 0.390. The van der Waals surface area contributed by atoms with Crippen LogP contribution in [0.5, 0.6) is 0 Å². The molecular formula is C15H24N2O2. The predicted molar refractivity (Wildman–Crippen MR) is 77.3 cm³/mol. The van der Waals surface area contributed by atoms with Gasteiger partial charge in [-0.05, 0) is 36.6 Å². The first kappa shape index (κ1) is 15.7. The van der Waals surface area contributed by atoms with Crippen LogP contribution in [0.4, 0.5) is 0 Å². The third-order valence-corrected chi connectivity index (χ3v) is 3.06. The molecule has 19 heavy (non-hydrogen) atoms. The van der Waals surface area contributed by atoms with Gasteiger partial charge in [-0.15, -0.1) is 0 Å². The molecule has 1 amide bonds. The normalized spacial score (nSPS) is 12.5. The van der Waals surface area contributed by atoms with Gasteiger partial charge in [-0.2, -0.15) is 0 Å². The van der Waals surface area contributed by atoms with Gasteiger partial charge in [-0.1, -0.05) is 26.0 Å². The number of hydrogen-bond donors (Lipinski definition) is 2. The van der Waals surface area contributed by atoms with Gasteiger partial charge < -0.3 is 15.8 Å². The van der Waals surface area contributed by atoms with Crippen molar-refractivity contribution in [1.82, 2.24) is 5.32 Å². The average molecular weight is 264 g/mol. The molecule has 4 heteroatoms. The van der Waals surface area contributed by atoms with Crippen molar-refractivity contribution in [3.8, 4) is 0 Å². The van der Waals surface area contributed by atoms with E-state index in [0.717, 1.165) is 0 Å². The zero-order chi connectivity index (χ0) is 14.3. The van der Waals surface area contributed by atoms with Crippen molar-refractivity contribution in [3.63, 3.8) is 0 Å². The monoisotopic (exact) mass is 264 g/mol. The number of nitrogens with two attached hydrogens (primary N) is 1. The minimum atomic E-state index is -0.0780. The van der Waals surface area contributed by atoms with Crippen LogP contribution in [0.3, 0.4) is 0 Å². The van der Waals surface area contributed by atoms with Crippen LogP contribution in [-0.4, -0.2) is 32.2 Å². The highest BCUT2D eigenvalue weighted by atomic mass is 16.5. The van der Waals surface area contributed by atoms with Crippen LogP contribution in [0, 0.1) is 0 Å². The molecule has 0 saturated carbocycles. The topological polar surface area (TPSA) is 64.3 Å². The first-order valence-electron chi connectivity index (χ1n) is 6.68. The summed E-state index contributed by atoms with van der Waals surface area (Å²) in [6.07, 6.45) is 0.712. The zero-order valence-electron chi connectivity index (χ0n) is 12.0. The van der Waals surface area contributed by atoms with Crippen LogP contribution < -0.4 is 11.1 Å². The molecule has 106 valence electrons. The molecule has 0 fully saturated rings. The molecule has 0 aliphatic carbocycles. The van der Waals surface area contributed by atoms with Crippen LogP contribution >= 0.6 is 0 Å². The lowest BCUT2D eigenvalue weighted by atomic mass is 10.0. The van der Waals surface area contributed by atoms with Crippen molar-refractivity contribution in [2.75, 3.05) is 20.3 Å². The van der Waals surface area contributed by atoms with Gasteiger partial charge in [0.05, 0.1) is 12.6 Å². The van der Waals surface area contributed by atoms with E-state index >= 15 is 0 Å². The Morgan fingerprint density at radius 2 is 1.95 bits per heavy atom. The van der Waals surface area contributed by atoms with E-state index in [1.54, 1.807) is 7.11 Å². The lowest BCUT2D eigenvalue weighted by Crippen LogP contribution is -2.39. The Morgan fingerprint density at radius 1 is 1.32 bits per heavy atom. The van der Waals surface area contributed by atoms with E-state index in [0.29, 0.717) is 31.1 Å². The Balaban J connectivity index is 2.65. The molecule has 4 nitrogen and oxygen atoms in total. The van der Waals surface area contributed by atoms with Gasteiger partial charge in [-0.3, -0.25) is 4.79 Å². The highest BCUT2D eigenvalue weighted by Gasteiger charge is 2.13. The van der Waals surface area contributed by atoms with Crippen molar-refractivity contribution in [3.05, 3.63) is 35.4 Å². The quantitative estimate of drug-likeness (QED) is 0.790. The summed E-state index contributed by atoms with van der Waals surface area (Å²) >= 11 is 0. The van der Waals surface area contributed by atoms with Crippen molar-refractivity contribution in [1.29, 1.82) is 0 Å². The second kappa shape index (κ2) is 7.92. The van der Waals surface area contributed by atoms with Gasteiger partial charge >= 0.3 is 0 Å². The molecule has 0 aliphatic heterocycles. The molecular weight excluding hydrogens is 240 g/mol. The molecule has 3 N–H and O–H groups in total.